The summed E-state index contributed by atoms with van der Waals surface area (Å²) in [5.41, 5.74) is 13.2. The van der Waals surface area contributed by atoms with Gasteiger partial charge in [0.25, 0.3) is 5.91 Å². The molecule has 4 aromatic carbocycles. The second-order valence-corrected chi connectivity index (χ2v) is 10.5. The van der Waals surface area contributed by atoms with Crippen molar-refractivity contribution in [1.82, 2.24) is 10.2 Å². The molecule has 1 amide bonds. The highest BCUT2D eigenvalue weighted by Crippen LogP contribution is 2.28. The van der Waals surface area contributed by atoms with Gasteiger partial charge >= 0.3 is 0 Å². The summed E-state index contributed by atoms with van der Waals surface area (Å²) in [5.74, 6) is 0.530. The standard InChI is InChI=1S/C33H34ClN3O/c34-30-13-10-27(11-14-30)29-12-15-31(32(35)22-29)33(38)36-19-16-24-6-8-25(9-7-24)23-37-20-17-28(18-21-37)26-4-2-1-3-5-26/h1-15,22,28H,16-21,23,35H2,(H,36,38). The smallest absolute Gasteiger partial charge is 0.253 e. The predicted molar refractivity (Wildman–Crippen MR) is 157 cm³/mol. The number of carbonyl (C=O) groups excluding carboxylic acids is 1. The fourth-order valence-corrected chi connectivity index (χ4v) is 5.35. The third-order valence-electron chi connectivity index (χ3n) is 7.46. The quantitative estimate of drug-likeness (QED) is 0.246. The van der Waals surface area contributed by atoms with Gasteiger partial charge in [0.15, 0.2) is 0 Å². The van der Waals surface area contributed by atoms with Crippen LogP contribution < -0.4 is 11.1 Å². The van der Waals surface area contributed by atoms with Crippen molar-refractivity contribution in [1.29, 1.82) is 0 Å². The summed E-state index contributed by atoms with van der Waals surface area (Å²) in [6.45, 7) is 3.82. The molecule has 194 valence electrons. The van der Waals surface area contributed by atoms with Crippen LogP contribution in [0.4, 0.5) is 5.69 Å². The molecule has 1 saturated heterocycles. The third-order valence-corrected chi connectivity index (χ3v) is 7.71. The Kier molecular flexibility index (Phi) is 8.42. The summed E-state index contributed by atoms with van der Waals surface area (Å²) < 4.78 is 0. The number of hydrogen-bond acceptors (Lipinski definition) is 3. The van der Waals surface area contributed by atoms with Crippen LogP contribution in [0.25, 0.3) is 11.1 Å². The van der Waals surface area contributed by atoms with Crippen LogP contribution in [0.3, 0.4) is 0 Å². The van der Waals surface area contributed by atoms with E-state index in [1.165, 1.54) is 29.5 Å². The molecular weight excluding hydrogens is 490 g/mol. The van der Waals surface area contributed by atoms with Gasteiger partial charge < -0.3 is 11.1 Å². The highest BCUT2D eigenvalue weighted by atomic mass is 35.5. The molecule has 0 atom stereocenters. The van der Waals surface area contributed by atoms with E-state index in [0.717, 1.165) is 37.2 Å². The lowest BCUT2D eigenvalue weighted by Gasteiger charge is -2.32. The fraction of sp³-hybridized carbons (Fsp3) is 0.242. The van der Waals surface area contributed by atoms with Gasteiger partial charge in [0.2, 0.25) is 0 Å². The summed E-state index contributed by atoms with van der Waals surface area (Å²) in [7, 11) is 0. The average Bonchev–Trinajstić information content (AvgIpc) is 2.95. The number of carbonyl (C=O) groups is 1. The second kappa shape index (κ2) is 12.3. The molecule has 0 saturated carbocycles. The van der Waals surface area contributed by atoms with E-state index < -0.39 is 0 Å². The number of nitrogens with one attached hydrogen (secondary N) is 1. The molecule has 1 heterocycles. The molecular formula is C33H34ClN3O. The molecule has 4 nitrogen and oxygen atoms in total. The van der Waals surface area contributed by atoms with Gasteiger partial charge in [-0.3, -0.25) is 9.69 Å². The average molecular weight is 524 g/mol. The molecule has 5 rings (SSSR count). The number of likely N-dealkylation sites (tertiary alicyclic amines) is 1. The summed E-state index contributed by atoms with van der Waals surface area (Å²) in [5, 5.41) is 3.69. The molecule has 0 bridgehead atoms. The maximum atomic E-state index is 12.7. The first-order valence-corrected chi connectivity index (χ1v) is 13.7. The normalized spacial score (nSPS) is 14.3. The molecule has 5 heteroatoms. The maximum Gasteiger partial charge on any atom is 0.253 e. The molecule has 38 heavy (non-hydrogen) atoms. The Morgan fingerprint density at radius 1 is 0.842 bits per heavy atom. The molecule has 1 aliphatic heterocycles. The first kappa shape index (κ1) is 26.0. The van der Waals surface area contributed by atoms with Gasteiger partial charge in [-0.05, 0) is 90.4 Å². The minimum absolute atomic E-state index is 0.152. The van der Waals surface area contributed by atoms with E-state index in [4.69, 9.17) is 17.3 Å². The highest BCUT2D eigenvalue weighted by Gasteiger charge is 2.20. The second-order valence-electron chi connectivity index (χ2n) is 10.1. The summed E-state index contributed by atoms with van der Waals surface area (Å²) in [6, 6.07) is 32.8. The SMILES string of the molecule is Nc1cc(-c2ccc(Cl)cc2)ccc1C(=O)NCCc1ccc(CN2CCC(c3ccccc3)CC2)cc1. The minimum atomic E-state index is -0.152. The van der Waals surface area contributed by atoms with E-state index in [1.54, 1.807) is 6.07 Å². The Balaban J connectivity index is 1.07. The molecule has 3 N–H and O–H groups in total. The number of amides is 1. The van der Waals surface area contributed by atoms with Crippen molar-refractivity contribution < 1.29 is 4.79 Å². The van der Waals surface area contributed by atoms with Gasteiger partial charge in [0.05, 0.1) is 5.56 Å². The zero-order valence-corrected chi connectivity index (χ0v) is 22.3. The number of piperidine rings is 1. The van der Waals surface area contributed by atoms with Crippen LogP contribution in [0.1, 0.15) is 45.8 Å². The van der Waals surface area contributed by atoms with Crippen LogP contribution in [0.2, 0.25) is 5.02 Å². The minimum Gasteiger partial charge on any atom is -0.398 e. The maximum absolute atomic E-state index is 12.7. The van der Waals surface area contributed by atoms with Crippen LogP contribution >= 0.6 is 11.6 Å². The summed E-state index contributed by atoms with van der Waals surface area (Å²) in [4.78, 5) is 15.3. The van der Waals surface area contributed by atoms with E-state index in [2.05, 4.69) is 64.8 Å². The predicted octanol–water partition coefficient (Wildman–Crippen LogP) is 6.94. The van der Waals surface area contributed by atoms with Crippen LogP contribution in [-0.4, -0.2) is 30.4 Å². The number of rotatable bonds is 8. The van der Waals surface area contributed by atoms with E-state index >= 15 is 0 Å². The fourth-order valence-electron chi connectivity index (χ4n) is 5.23. The van der Waals surface area contributed by atoms with Gasteiger partial charge in [-0.15, -0.1) is 0 Å². The number of halogens is 1. The lowest BCUT2D eigenvalue weighted by atomic mass is 9.89. The lowest BCUT2D eigenvalue weighted by molar-refractivity contribution is 0.0955. The van der Waals surface area contributed by atoms with Crippen molar-refractivity contribution in [2.45, 2.75) is 31.7 Å². The van der Waals surface area contributed by atoms with Gasteiger partial charge in [0, 0.05) is 23.8 Å². The number of nitrogen functional groups attached to an aromatic ring is 1. The first-order chi connectivity index (χ1) is 18.5. The molecule has 0 spiro atoms. The lowest BCUT2D eigenvalue weighted by Crippen LogP contribution is -2.32. The first-order valence-electron chi connectivity index (χ1n) is 13.3. The van der Waals surface area contributed by atoms with Crippen LogP contribution in [0.15, 0.2) is 97.1 Å². The summed E-state index contributed by atoms with van der Waals surface area (Å²) in [6.07, 6.45) is 3.21. The molecule has 0 radical (unpaired) electrons. The third kappa shape index (κ3) is 6.63. The molecule has 0 aromatic heterocycles. The Morgan fingerprint density at radius 3 is 2.18 bits per heavy atom. The van der Waals surface area contributed by atoms with Crippen molar-refractivity contribution in [2.24, 2.45) is 0 Å². The van der Waals surface area contributed by atoms with Crippen molar-refractivity contribution in [3.63, 3.8) is 0 Å². The van der Waals surface area contributed by atoms with Crippen LogP contribution in [0.5, 0.6) is 0 Å². The van der Waals surface area contributed by atoms with Crippen LogP contribution in [0, 0.1) is 0 Å². The number of benzene rings is 4. The Morgan fingerprint density at radius 2 is 1.50 bits per heavy atom. The zero-order chi connectivity index (χ0) is 26.3. The molecule has 4 aromatic rings. The number of hydrogen-bond donors (Lipinski definition) is 2. The van der Waals surface area contributed by atoms with E-state index in [9.17, 15) is 4.79 Å². The topological polar surface area (TPSA) is 58.4 Å². The number of nitrogens with two attached hydrogens (primary N) is 1. The van der Waals surface area contributed by atoms with Gasteiger partial charge in [-0.2, -0.15) is 0 Å². The van der Waals surface area contributed by atoms with E-state index in [1.807, 2.05) is 36.4 Å². The van der Waals surface area contributed by atoms with Gasteiger partial charge in [-0.1, -0.05) is 84.4 Å². The van der Waals surface area contributed by atoms with E-state index in [-0.39, 0.29) is 5.91 Å². The van der Waals surface area contributed by atoms with Crippen molar-refractivity contribution in [2.75, 3.05) is 25.4 Å². The van der Waals surface area contributed by atoms with Crippen molar-refractivity contribution in [3.8, 4) is 11.1 Å². The molecule has 1 aliphatic rings. The Bertz CT molecular complexity index is 1350. The Labute approximate surface area is 230 Å². The van der Waals surface area contributed by atoms with Gasteiger partial charge in [0.1, 0.15) is 0 Å². The number of nitrogens with zero attached hydrogens (tertiary/aromatic N) is 1. The van der Waals surface area contributed by atoms with Crippen molar-refractivity contribution >= 4 is 23.2 Å². The van der Waals surface area contributed by atoms with Crippen LogP contribution in [-0.2, 0) is 13.0 Å². The monoisotopic (exact) mass is 523 g/mol. The molecule has 0 unspecified atom stereocenters. The largest absolute Gasteiger partial charge is 0.398 e. The molecule has 0 aliphatic carbocycles. The molecule has 1 fully saturated rings. The number of anilines is 1. The highest BCUT2D eigenvalue weighted by molar-refractivity contribution is 6.30. The van der Waals surface area contributed by atoms with Crippen molar-refractivity contribution in [3.05, 3.63) is 124 Å². The van der Waals surface area contributed by atoms with Gasteiger partial charge in [-0.25, -0.2) is 0 Å². The summed E-state index contributed by atoms with van der Waals surface area (Å²) >= 11 is 5.98. The Hall–Kier alpha value is -3.60. The van der Waals surface area contributed by atoms with E-state index in [0.29, 0.717) is 28.7 Å². The zero-order valence-electron chi connectivity index (χ0n) is 21.6.